The van der Waals surface area contributed by atoms with E-state index in [-0.39, 0.29) is 0 Å². The van der Waals surface area contributed by atoms with Gasteiger partial charge in [-0.25, -0.2) is 15.0 Å². The van der Waals surface area contributed by atoms with Crippen molar-refractivity contribution in [3.8, 4) is 0 Å². The summed E-state index contributed by atoms with van der Waals surface area (Å²) in [5.41, 5.74) is 0. The smallest absolute Gasteiger partial charge is 0.147 e. The van der Waals surface area contributed by atoms with Crippen molar-refractivity contribution in [2.24, 2.45) is 0 Å². The van der Waals surface area contributed by atoms with Crippen molar-refractivity contribution in [1.29, 1.82) is 0 Å². The van der Waals surface area contributed by atoms with Crippen LogP contribution >= 0.6 is 39.3 Å². The van der Waals surface area contributed by atoms with Crippen molar-refractivity contribution in [1.82, 2.24) is 15.0 Å². The van der Waals surface area contributed by atoms with Gasteiger partial charge in [-0.15, -0.1) is 0 Å². The third-order valence-corrected chi connectivity index (χ3v) is 4.04. The Kier molecular flexibility index (Phi) is 3.56. The first kappa shape index (κ1) is 10.9. The fraction of sp³-hybridized carbons (Fsp3) is 0. The van der Waals surface area contributed by atoms with Crippen molar-refractivity contribution in [3.63, 3.8) is 0 Å². The van der Waals surface area contributed by atoms with Crippen LogP contribution in [0.25, 0.3) is 0 Å². The minimum absolute atomic E-state index is 0.406. The van der Waals surface area contributed by atoms with E-state index in [0.717, 1.165) is 10.1 Å². The molecule has 0 unspecified atom stereocenters. The standard InChI is InChI=1S/C9H5BrClN3S/c10-7-8(11)13-5-14-9(7)15-6-3-1-2-4-12-6/h1-5H. The molecule has 76 valence electrons. The Morgan fingerprint density at radius 3 is 2.80 bits per heavy atom. The number of nitrogens with zero attached hydrogens (tertiary/aromatic N) is 3. The van der Waals surface area contributed by atoms with Crippen LogP contribution in [0.3, 0.4) is 0 Å². The maximum atomic E-state index is 5.85. The number of hydrogen-bond donors (Lipinski definition) is 0. The minimum atomic E-state index is 0.406. The maximum Gasteiger partial charge on any atom is 0.147 e. The molecular weight excluding hydrogens is 298 g/mol. The molecule has 0 spiro atoms. The van der Waals surface area contributed by atoms with Gasteiger partial charge in [0, 0.05) is 6.20 Å². The van der Waals surface area contributed by atoms with Gasteiger partial charge in [0.05, 0.1) is 4.47 Å². The fourth-order valence-electron chi connectivity index (χ4n) is 0.911. The van der Waals surface area contributed by atoms with Crippen molar-refractivity contribution in [2.45, 2.75) is 10.1 Å². The van der Waals surface area contributed by atoms with Gasteiger partial charge in [-0.3, -0.25) is 0 Å². The predicted octanol–water partition coefficient (Wildman–Crippen LogP) is 3.44. The highest BCUT2D eigenvalue weighted by Gasteiger charge is 2.08. The van der Waals surface area contributed by atoms with Crippen LogP contribution in [0.1, 0.15) is 0 Å². The van der Waals surface area contributed by atoms with Gasteiger partial charge in [0.25, 0.3) is 0 Å². The highest BCUT2D eigenvalue weighted by Crippen LogP contribution is 2.33. The molecule has 3 nitrogen and oxygen atoms in total. The van der Waals surface area contributed by atoms with E-state index < -0.39 is 0 Å². The Morgan fingerprint density at radius 2 is 2.07 bits per heavy atom. The summed E-state index contributed by atoms with van der Waals surface area (Å²) < 4.78 is 0.697. The second-order valence-corrected chi connectivity index (χ2v) is 4.71. The van der Waals surface area contributed by atoms with Crippen LogP contribution in [-0.2, 0) is 0 Å². The van der Waals surface area contributed by atoms with Gasteiger partial charge in [0.15, 0.2) is 0 Å². The second-order valence-electron chi connectivity index (χ2n) is 2.55. The molecule has 15 heavy (non-hydrogen) atoms. The molecule has 0 amide bonds. The van der Waals surface area contributed by atoms with E-state index in [1.807, 2.05) is 18.2 Å². The molecule has 0 aliphatic heterocycles. The Bertz CT molecular complexity index is 466. The molecule has 2 aromatic rings. The summed E-state index contributed by atoms with van der Waals surface area (Å²) in [7, 11) is 0. The van der Waals surface area contributed by atoms with Crippen molar-refractivity contribution in [3.05, 3.63) is 40.3 Å². The van der Waals surface area contributed by atoms with Gasteiger partial charge in [-0.1, -0.05) is 17.7 Å². The van der Waals surface area contributed by atoms with E-state index in [1.165, 1.54) is 18.1 Å². The van der Waals surface area contributed by atoms with E-state index in [2.05, 4.69) is 30.9 Å². The quantitative estimate of drug-likeness (QED) is 0.797. The van der Waals surface area contributed by atoms with E-state index in [1.54, 1.807) is 6.20 Å². The normalized spacial score (nSPS) is 10.3. The van der Waals surface area contributed by atoms with Crippen LogP contribution in [0.4, 0.5) is 0 Å². The van der Waals surface area contributed by atoms with Crippen LogP contribution in [0, 0.1) is 0 Å². The first-order valence-electron chi connectivity index (χ1n) is 4.02. The van der Waals surface area contributed by atoms with Gasteiger partial charge in [-0.05, 0) is 39.8 Å². The number of rotatable bonds is 2. The average Bonchev–Trinajstić information content (AvgIpc) is 2.26. The van der Waals surface area contributed by atoms with Crippen molar-refractivity contribution >= 4 is 39.3 Å². The summed E-state index contributed by atoms with van der Waals surface area (Å²) >= 11 is 10.6. The highest BCUT2D eigenvalue weighted by atomic mass is 79.9. The Hall–Kier alpha value is -0.650. The van der Waals surface area contributed by atoms with Crippen LogP contribution < -0.4 is 0 Å². The number of pyridine rings is 1. The molecule has 0 radical (unpaired) electrons. The molecule has 2 rings (SSSR count). The summed E-state index contributed by atoms with van der Waals surface area (Å²) in [5.74, 6) is 0. The molecule has 2 aromatic heterocycles. The first-order chi connectivity index (χ1) is 7.27. The van der Waals surface area contributed by atoms with E-state index >= 15 is 0 Å². The lowest BCUT2D eigenvalue weighted by molar-refractivity contribution is 1.02. The first-order valence-corrected chi connectivity index (χ1v) is 6.01. The summed E-state index contributed by atoms with van der Waals surface area (Å²) in [4.78, 5) is 12.2. The summed E-state index contributed by atoms with van der Waals surface area (Å²) in [5, 5.41) is 2.03. The zero-order valence-electron chi connectivity index (χ0n) is 7.39. The predicted molar refractivity (Wildman–Crippen MR) is 63.1 cm³/mol. The molecule has 0 bridgehead atoms. The van der Waals surface area contributed by atoms with Gasteiger partial charge in [0.1, 0.15) is 21.5 Å². The van der Waals surface area contributed by atoms with Gasteiger partial charge in [0.2, 0.25) is 0 Å². The van der Waals surface area contributed by atoms with Crippen LogP contribution in [0.5, 0.6) is 0 Å². The molecule has 0 fully saturated rings. The molecule has 0 aromatic carbocycles. The topological polar surface area (TPSA) is 38.7 Å². The molecule has 0 saturated heterocycles. The third kappa shape index (κ3) is 2.68. The zero-order valence-corrected chi connectivity index (χ0v) is 10.6. The summed E-state index contributed by atoms with van der Waals surface area (Å²) in [6.45, 7) is 0. The van der Waals surface area contributed by atoms with Crippen molar-refractivity contribution in [2.75, 3.05) is 0 Å². The zero-order chi connectivity index (χ0) is 10.7. The van der Waals surface area contributed by atoms with Crippen LogP contribution in [-0.4, -0.2) is 15.0 Å². The lowest BCUT2D eigenvalue weighted by Crippen LogP contribution is -1.87. The lowest BCUT2D eigenvalue weighted by Gasteiger charge is -2.02. The molecule has 0 atom stereocenters. The fourth-order valence-corrected chi connectivity index (χ4v) is 2.29. The summed E-state index contributed by atoms with van der Waals surface area (Å²) in [6.07, 6.45) is 3.16. The Labute approximate surface area is 104 Å². The molecule has 0 aliphatic carbocycles. The Morgan fingerprint density at radius 1 is 1.20 bits per heavy atom. The monoisotopic (exact) mass is 301 g/mol. The molecule has 0 aliphatic rings. The van der Waals surface area contributed by atoms with Gasteiger partial charge >= 0.3 is 0 Å². The number of hydrogen-bond acceptors (Lipinski definition) is 4. The second kappa shape index (κ2) is 4.92. The molecule has 0 saturated carbocycles. The lowest BCUT2D eigenvalue weighted by atomic mass is 10.5. The number of halogens is 2. The van der Waals surface area contributed by atoms with E-state index in [0.29, 0.717) is 9.63 Å². The molecule has 6 heteroatoms. The molecular formula is C9H5BrClN3S. The van der Waals surface area contributed by atoms with E-state index in [4.69, 9.17) is 11.6 Å². The largest absolute Gasteiger partial charge is 0.250 e. The minimum Gasteiger partial charge on any atom is -0.250 e. The van der Waals surface area contributed by atoms with Crippen LogP contribution in [0.2, 0.25) is 5.15 Å². The highest BCUT2D eigenvalue weighted by molar-refractivity contribution is 9.10. The van der Waals surface area contributed by atoms with Gasteiger partial charge < -0.3 is 0 Å². The average molecular weight is 303 g/mol. The summed E-state index contributed by atoms with van der Waals surface area (Å²) in [6, 6.07) is 5.70. The Balaban J connectivity index is 2.29. The SMILES string of the molecule is Clc1ncnc(Sc2ccccn2)c1Br. The van der Waals surface area contributed by atoms with Crippen molar-refractivity contribution < 1.29 is 0 Å². The number of aromatic nitrogens is 3. The van der Waals surface area contributed by atoms with E-state index in [9.17, 15) is 0 Å². The maximum absolute atomic E-state index is 5.85. The molecule has 2 heterocycles. The molecule has 0 N–H and O–H groups in total. The third-order valence-electron chi connectivity index (χ3n) is 1.55. The van der Waals surface area contributed by atoms with Gasteiger partial charge in [-0.2, -0.15) is 0 Å². The van der Waals surface area contributed by atoms with Crippen LogP contribution in [0.15, 0.2) is 45.2 Å².